The molecule has 24 heavy (non-hydrogen) atoms. The summed E-state index contributed by atoms with van der Waals surface area (Å²) < 4.78 is 4.82. The van der Waals surface area contributed by atoms with Crippen LogP contribution in [-0.4, -0.2) is 19.4 Å². The molecule has 5 heteroatoms. The molecular formula is C19H18N2O3. The molecule has 0 unspecified atom stereocenters. The number of hydrogen-bond acceptors (Lipinski definition) is 5. The van der Waals surface area contributed by atoms with Gasteiger partial charge in [-0.3, -0.25) is 0 Å². The Bertz CT molecular complexity index is 728. The molecule has 0 heterocycles. The van der Waals surface area contributed by atoms with E-state index in [1.807, 2.05) is 0 Å². The fourth-order valence-electron chi connectivity index (χ4n) is 3.62. The number of nitriles is 2. The maximum atomic E-state index is 12.0. The highest BCUT2D eigenvalue weighted by Gasteiger charge is 2.49. The van der Waals surface area contributed by atoms with Crippen LogP contribution in [0.25, 0.3) is 0 Å². The summed E-state index contributed by atoms with van der Waals surface area (Å²) in [4.78, 5) is 23.8. The molecule has 0 bridgehead atoms. The summed E-state index contributed by atoms with van der Waals surface area (Å²) in [6.45, 7) is 3.72. The van der Waals surface area contributed by atoms with Gasteiger partial charge in [-0.15, -0.1) is 6.58 Å². The second kappa shape index (κ2) is 7.10. The number of carbonyl (C=O) groups excluding carboxylic acids is 2. The van der Waals surface area contributed by atoms with Gasteiger partial charge in [0.1, 0.15) is 6.29 Å². The third-order valence-electron chi connectivity index (χ3n) is 4.87. The highest BCUT2D eigenvalue weighted by atomic mass is 16.5. The Morgan fingerprint density at radius 3 is 2.58 bits per heavy atom. The number of ether oxygens (including phenoxy) is 1. The molecule has 1 aliphatic rings. The van der Waals surface area contributed by atoms with Crippen molar-refractivity contribution in [1.82, 2.24) is 0 Å². The number of carbonyl (C=O) groups is 2. The van der Waals surface area contributed by atoms with Crippen LogP contribution < -0.4 is 0 Å². The SMILES string of the molecule is C=C[C@@H]1[C@H](C=O)[C@@H](c2ccccc2C(=O)OC)CCC1(C#N)C#N. The van der Waals surface area contributed by atoms with Gasteiger partial charge in [0.25, 0.3) is 0 Å². The number of methoxy groups -OCH3 is 1. The van der Waals surface area contributed by atoms with Crippen molar-refractivity contribution in [3.8, 4) is 12.1 Å². The Morgan fingerprint density at radius 1 is 1.38 bits per heavy atom. The molecule has 2 rings (SSSR count). The fraction of sp³-hybridized carbons (Fsp3) is 0.368. The Morgan fingerprint density at radius 2 is 2.04 bits per heavy atom. The van der Waals surface area contributed by atoms with E-state index in [1.54, 1.807) is 24.3 Å². The van der Waals surface area contributed by atoms with E-state index in [0.29, 0.717) is 24.0 Å². The highest BCUT2D eigenvalue weighted by Crippen LogP contribution is 2.50. The third-order valence-corrected chi connectivity index (χ3v) is 4.87. The number of allylic oxidation sites excluding steroid dienone is 1. The Hall–Kier alpha value is -2.92. The largest absolute Gasteiger partial charge is 0.465 e. The Labute approximate surface area is 141 Å². The van der Waals surface area contributed by atoms with Gasteiger partial charge in [-0.05, 0) is 30.4 Å². The van der Waals surface area contributed by atoms with Crippen LogP contribution in [0.3, 0.4) is 0 Å². The topological polar surface area (TPSA) is 90.9 Å². The number of nitrogens with zero attached hydrogens (tertiary/aromatic N) is 2. The molecule has 3 atom stereocenters. The number of rotatable bonds is 4. The maximum Gasteiger partial charge on any atom is 0.338 e. The second-order valence-electron chi connectivity index (χ2n) is 5.89. The predicted octanol–water partition coefficient (Wildman–Crippen LogP) is 3.00. The molecule has 122 valence electrons. The first-order valence-electron chi connectivity index (χ1n) is 7.66. The molecule has 5 nitrogen and oxygen atoms in total. The number of esters is 1. The van der Waals surface area contributed by atoms with E-state index >= 15 is 0 Å². The van der Waals surface area contributed by atoms with E-state index in [1.165, 1.54) is 13.2 Å². The van der Waals surface area contributed by atoms with Crippen molar-refractivity contribution in [3.63, 3.8) is 0 Å². The van der Waals surface area contributed by atoms with Gasteiger partial charge in [-0.25, -0.2) is 4.79 Å². The van der Waals surface area contributed by atoms with Crippen molar-refractivity contribution in [1.29, 1.82) is 10.5 Å². The maximum absolute atomic E-state index is 12.0. The van der Waals surface area contributed by atoms with Gasteiger partial charge in [0.05, 0.1) is 24.8 Å². The van der Waals surface area contributed by atoms with Crippen LogP contribution in [0.5, 0.6) is 0 Å². The van der Waals surface area contributed by atoms with Crippen molar-refractivity contribution in [2.24, 2.45) is 17.3 Å². The lowest BCUT2D eigenvalue weighted by Gasteiger charge is -2.41. The van der Waals surface area contributed by atoms with E-state index in [2.05, 4.69) is 18.7 Å². The van der Waals surface area contributed by atoms with Gasteiger partial charge < -0.3 is 9.53 Å². The second-order valence-corrected chi connectivity index (χ2v) is 5.89. The molecule has 0 spiro atoms. The van der Waals surface area contributed by atoms with Gasteiger partial charge in [0.15, 0.2) is 5.41 Å². The summed E-state index contributed by atoms with van der Waals surface area (Å²) in [7, 11) is 1.31. The summed E-state index contributed by atoms with van der Waals surface area (Å²) in [6, 6.07) is 11.1. The van der Waals surface area contributed by atoms with E-state index in [0.717, 1.165) is 6.29 Å². The molecule has 0 saturated heterocycles. The number of benzene rings is 1. The zero-order valence-electron chi connectivity index (χ0n) is 13.4. The number of hydrogen-bond donors (Lipinski definition) is 0. The third kappa shape index (κ3) is 2.70. The van der Waals surface area contributed by atoms with Gasteiger partial charge in [-0.1, -0.05) is 24.3 Å². The van der Waals surface area contributed by atoms with Crippen molar-refractivity contribution >= 4 is 12.3 Å². The lowest BCUT2D eigenvalue weighted by Crippen LogP contribution is -2.41. The Kier molecular flexibility index (Phi) is 5.16. The summed E-state index contributed by atoms with van der Waals surface area (Å²) in [5.74, 6) is -1.92. The zero-order chi connectivity index (χ0) is 17.7. The molecule has 1 fully saturated rings. The minimum atomic E-state index is -1.26. The normalized spacial score (nSPS) is 24.9. The molecule has 0 aromatic heterocycles. The molecule has 0 radical (unpaired) electrons. The first kappa shape index (κ1) is 17.4. The number of aldehydes is 1. The minimum Gasteiger partial charge on any atom is -0.465 e. The molecular weight excluding hydrogens is 304 g/mol. The highest BCUT2D eigenvalue weighted by molar-refractivity contribution is 5.91. The van der Waals surface area contributed by atoms with Gasteiger partial charge >= 0.3 is 5.97 Å². The first-order chi connectivity index (χ1) is 11.6. The van der Waals surface area contributed by atoms with Gasteiger partial charge in [-0.2, -0.15) is 10.5 Å². The summed E-state index contributed by atoms with van der Waals surface area (Å²) in [5, 5.41) is 19.0. The smallest absolute Gasteiger partial charge is 0.338 e. The molecule has 1 aromatic rings. The Balaban J connectivity index is 2.53. The summed E-state index contributed by atoms with van der Waals surface area (Å²) in [5.41, 5.74) is -0.150. The van der Waals surface area contributed by atoms with Crippen molar-refractivity contribution in [3.05, 3.63) is 48.0 Å². The van der Waals surface area contributed by atoms with E-state index in [9.17, 15) is 20.1 Å². The molecule has 0 N–H and O–H groups in total. The van der Waals surface area contributed by atoms with E-state index < -0.39 is 23.2 Å². The standard InChI is InChI=1S/C19H18N2O3/c1-3-17-16(10-22)14(8-9-19(17,11-20)12-21)13-6-4-5-7-15(13)18(23)24-2/h3-7,10,14,16-17H,1,8-9H2,2H3/t14-,16-,17-/m1/s1. The van der Waals surface area contributed by atoms with Gasteiger partial charge in [0.2, 0.25) is 0 Å². The zero-order valence-corrected chi connectivity index (χ0v) is 13.4. The molecule has 1 aliphatic carbocycles. The van der Waals surface area contributed by atoms with Gasteiger partial charge in [0, 0.05) is 11.8 Å². The van der Waals surface area contributed by atoms with Crippen LogP contribution in [0.2, 0.25) is 0 Å². The summed E-state index contributed by atoms with van der Waals surface area (Å²) >= 11 is 0. The first-order valence-corrected chi connectivity index (χ1v) is 7.66. The van der Waals surface area contributed by atoms with Crippen LogP contribution >= 0.6 is 0 Å². The average Bonchev–Trinajstić information content (AvgIpc) is 2.65. The molecule has 1 aromatic carbocycles. The summed E-state index contributed by atoms with van der Waals surface area (Å²) in [6.07, 6.45) is 3.07. The van der Waals surface area contributed by atoms with Crippen molar-refractivity contribution < 1.29 is 14.3 Å². The van der Waals surface area contributed by atoms with Crippen LogP contribution in [-0.2, 0) is 9.53 Å². The predicted molar refractivity (Wildman–Crippen MR) is 86.7 cm³/mol. The molecule has 0 aliphatic heterocycles. The average molecular weight is 322 g/mol. The van der Waals surface area contributed by atoms with Crippen molar-refractivity contribution in [2.45, 2.75) is 18.8 Å². The molecule has 1 saturated carbocycles. The lowest BCUT2D eigenvalue weighted by atomic mass is 9.58. The lowest BCUT2D eigenvalue weighted by molar-refractivity contribution is -0.114. The van der Waals surface area contributed by atoms with Crippen molar-refractivity contribution in [2.75, 3.05) is 7.11 Å². The van der Waals surface area contributed by atoms with Crippen LogP contribution in [0.15, 0.2) is 36.9 Å². The quantitative estimate of drug-likeness (QED) is 0.483. The monoisotopic (exact) mass is 322 g/mol. The fourth-order valence-corrected chi connectivity index (χ4v) is 3.62. The van der Waals surface area contributed by atoms with Crippen LogP contribution in [0.4, 0.5) is 0 Å². The minimum absolute atomic E-state index is 0.268. The van der Waals surface area contributed by atoms with E-state index in [-0.39, 0.29) is 5.92 Å². The van der Waals surface area contributed by atoms with Crippen LogP contribution in [0.1, 0.15) is 34.7 Å². The van der Waals surface area contributed by atoms with E-state index in [4.69, 9.17) is 4.74 Å². The van der Waals surface area contributed by atoms with Crippen LogP contribution in [0, 0.1) is 39.9 Å². The molecule has 0 amide bonds.